The third-order valence-electron chi connectivity index (χ3n) is 4.82. The standard InChI is InChI=1S/C21H27N3O.2ClH/c1-16-9-11-18(12-10-16)20(22)21(25)23-19-8-5-13-24(15-19)14-17-6-3-2-4-7-17;;/h2-4,6-7,9-12,19-20H,5,8,13-15,22H2,1H3,(H,23,25);2*1H. The van der Waals surface area contributed by atoms with E-state index in [2.05, 4.69) is 34.5 Å². The molecule has 0 bridgehead atoms. The highest BCUT2D eigenvalue weighted by atomic mass is 35.5. The van der Waals surface area contributed by atoms with Crippen molar-refractivity contribution in [3.8, 4) is 0 Å². The molecule has 0 aromatic heterocycles. The van der Waals surface area contributed by atoms with Crippen LogP contribution in [-0.4, -0.2) is 29.9 Å². The number of nitrogens with one attached hydrogen (secondary N) is 1. The maximum atomic E-state index is 12.5. The van der Waals surface area contributed by atoms with Crippen molar-refractivity contribution >= 4 is 30.7 Å². The minimum Gasteiger partial charge on any atom is -0.350 e. The van der Waals surface area contributed by atoms with Crippen LogP contribution in [0.25, 0.3) is 0 Å². The van der Waals surface area contributed by atoms with Gasteiger partial charge in [0.2, 0.25) is 5.91 Å². The molecule has 27 heavy (non-hydrogen) atoms. The molecule has 1 saturated heterocycles. The Morgan fingerprint density at radius 1 is 1.15 bits per heavy atom. The molecule has 6 heteroatoms. The lowest BCUT2D eigenvalue weighted by atomic mass is 10.0. The van der Waals surface area contributed by atoms with E-state index in [4.69, 9.17) is 5.73 Å². The second-order valence-corrected chi connectivity index (χ2v) is 6.96. The molecule has 4 nitrogen and oxygen atoms in total. The topological polar surface area (TPSA) is 58.4 Å². The molecular weight excluding hydrogens is 381 g/mol. The van der Waals surface area contributed by atoms with Gasteiger partial charge in [0.25, 0.3) is 0 Å². The highest BCUT2D eigenvalue weighted by Gasteiger charge is 2.24. The quantitative estimate of drug-likeness (QED) is 0.792. The largest absolute Gasteiger partial charge is 0.350 e. The average molecular weight is 410 g/mol. The number of nitrogens with two attached hydrogens (primary N) is 1. The van der Waals surface area contributed by atoms with Crippen LogP contribution in [0.4, 0.5) is 0 Å². The number of halogens is 2. The lowest BCUT2D eigenvalue weighted by molar-refractivity contribution is -0.123. The first kappa shape index (κ1) is 23.4. The summed E-state index contributed by atoms with van der Waals surface area (Å²) < 4.78 is 0. The molecule has 148 valence electrons. The van der Waals surface area contributed by atoms with Crippen LogP contribution in [0, 0.1) is 6.92 Å². The van der Waals surface area contributed by atoms with Crippen molar-refractivity contribution in [2.24, 2.45) is 5.73 Å². The van der Waals surface area contributed by atoms with Crippen LogP contribution in [-0.2, 0) is 11.3 Å². The van der Waals surface area contributed by atoms with Gasteiger partial charge in [-0.05, 0) is 37.4 Å². The molecule has 1 amide bonds. The van der Waals surface area contributed by atoms with E-state index in [0.717, 1.165) is 38.0 Å². The SMILES string of the molecule is Cc1ccc(C(N)C(=O)NC2CCCN(Cc3ccccc3)C2)cc1.Cl.Cl. The van der Waals surface area contributed by atoms with E-state index in [9.17, 15) is 4.79 Å². The molecule has 1 fully saturated rings. The number of aryl methyl sites for hydroxylation is 1. The summed E-state index contributed by atoms with van der Waals surface area (Å²) >= 11 is 0. The molecule has 0 spiro atoms. The van der Waals surface area contributed by atoms with Crippen LogP contribution in [0.15, 0.2) is 54.6 Å². The zero-order valence-corrected chi connectivity index (χ0v) is 17.3. The summed E-state index contributed by atoms with van der Waals surface area (Å²) in [6.07, 6.45) is 2.11. The van der Waals surface area contributed by atoms with Crippen LogP contribution in [0.3, 0.4) is 0 Å². The molecule has 0 saturated carbocycles. The van der Waals surface area contributed by atoms with Gasteiger partial charge in [0.05, 0.1) is 0 Å². The zero-order chi connectivity index (χ0) is 17.6. The second kappa shape index (κ2) is 11.3. The van der Waals surface area contributed by atoms with E-state index in [1.807, 2.05) is 37.3 Å². The second-order valence-electron chi connectivity index (χ2n) is 6.96. The average Bonchev–Trinajstić information content (AvgIpc) is 2.63. The first-order valence-electron chi connectivity index (χ1n) is 9.00. The number of carbonyl (C=O) groups excluding carboxylic acids is 1. The third kappa shape index (κ3) is 6.82. The summed E-state index contributed by atoms with van der Waals surface area (Å²) in [5.41, 5.74) is 9.48. The smallest absolute Gasteiger partial charge is 0.241 e. The summed E-state index contributed by atoms with van der Waals surface area (Å²) in [6, 6.07) is 17.9. The Hall–Kier alpha value is -1.59. The van der Waals surface area contributed by atoms with Gasteiger partial charge in [-0.3, -0.25) is 9.69 Å². The number of amides is 1. The van der Waals surface area contributed by atoms with E-state index in [-0.39, 0.29) is 36.8 Å². The molecule has 2 unspecified atom stereocenters. The van der Waals surface area contributed by atoms with Crippen LogP contribution in [0.5, 0.6) is 0 Å². The van der Waals surface area contributed by atoms with Crippen molar-refractivity contribution in [2.75, 3.05) is 13.1 Å². The van der Waals surface area contributed by atoms with Crippen molar-refractivity contribution in [3.63, 3.8) is 0 Å². The summed E-state index contributed by atoms with van der Waals surface area (Å²) in [6.45, 7) is 4.91. The van der Waals surface area contributed by atoms with E-state index in [1.165, 1.54) is 11.1 Å². The fourth-order valence-electron chi connectivity index (χ4n) is 3.37. The van der Waals surface area contributed by atoms with E-state index < -0.39 is 6.04 Å². The zero-order valence-electron chi connectivity index (χ0n) is 15.6. The molecule has 2 aromatic rings. The Balaban J connectivity index is 0.00000182. The van der Waals surface area contributed by atoms with E-state index in [1.54, 1.807) is 0 Å². The number of likely N-dealkylation sites (tertiary alicyclic amines) is 1. The molecule has 1 heterocycles. The van der Waals surface area contributed by atoms with Gasteiger partial charge >= 0.3 is 0 Å². The van der Waals surface area contributed by atoms with Crippen LogP contribution >= 0.6 is 24.8 Å². The monoisotopic (exact) mass is 409 g/mol. The Morgan fingerprint density at radius 3 is 2.48 bits per heavy atom. The number of hydrogen-bond acceptors (Lipinski definition) is 3. The lowest BCUT2D eigenvalue weighted by Crippen LogP contribution is -2.49. The molecule has 0 radical (unpaired) electrons. The van der Waals surface area contributed by atoms with Crippen molar-refractivity contribution in [1.29, 1.82) is 0 Å². The summed E-state index contributed by atoms with van der Waals surface area (Å²) in [4.78, 5) is 14.9. The molecule has 1 aliphatic rings. The maximum absolute atomic E-state index is 12.5. The summed E-state index contributed by atoms with van der Waals surface area (Å²) in [5, 5.41) is 3.14. The predicted molar refractivity (Wildman–Crippen MR) is 115 cm³/mol. The number of benzene rings is 2. The molecule has 1 aliphatic heterocycles. The van der Waals surface area contributed by atoms with Crippen molar-refractivity contribution < 1.29 is 4.79 Å². The van der Waals surface area contributed by atoms with Crippen molar-refractivity contribution in [3.05, 3.63) is 71.3 Å². The Morgan fingerprint density at radius 2 is 1.81 bits per heavy atom. The Bertz CT molecular complexity index is 694. The molecule has 2 aromatic carbocycles. The van der Waals surface area contributed by atoms with Crippen LogP contribution in [0.2, 0.25) is 0 Å². The minimum atomic E-state index is -0.606. The number of nitrogens with zero attached hydrogens (tertiary/aromatic N) is 1. The number of hydrogen-bond donors (Lipinski definition) is 2. The van der Waals surface area contributed by atoms with Crippen LogP contribution in [0.1, 0.15) is 35.6 Å². The summed E-state index contributed by atoms with van der Waals surface area (Å²) in [7, 11) is 0. The highest BCUT2D eigenvalue weighted by molar-refractivity contribution is 5.85. The molecule has 3 N–H and O–H groups in total. The van der Waals surface area contributed by atoms with Crippen LogP contribution < -0.4 is 11.1 Å². The highest BCUT2D eigenvalue weighted by Crippen LogP contribution is 2.16. The third-order valence-corrected chi connectivity index (χ3v) is 4.82. The fourth-order valence-corrected chi connectivity index (χ4v) is 3.37. The molecule has 3 rings (SSSR count). The van der Waals surface area contributed by atoms with Gasteiger partial charge in [-0.15, -0.1) is 24.8 Å². The normalized spacial score (nSPS) is 17.9. The van der Waals surface area contributed by atoms with Crippen molar-refractivity contribution in [2.45, 2.75) is 38.4 Å². The minimum absolute atomic E-state index is 0. The van der Waals surface area contributed by atoms with E-state index >= 15 is 0 Å². The van der Waals surface area contributed by atoms with Gasteiger partial charge in [0.1, 0.15) is 6.04 Å². The fraction of sp³-hybridized carbons (Fsp3) is 0.381. The lowest BCUT2D eigenvalue weighted by Gasteiger charge is -2.33. The van der Waals surface area contributed by atoms with Gasteiger partial charge in [-0.2, -0.15) is 0 Å². The Kier molecular flexibility index (Phi) is 9.81. The summed E-state index contributed by atoms with van der Waals surface area (Å²) in [5.74, 6) is -0.0876. The van der Waals surface area contributed by atoms with Gasteiger partial charge in [-0.1, -0.05) is 60.2 Å². The first-order valence-corrected chi connectivity index (χ1v) is 9.00. The van der Waals surface area contributed by atoms with Gasteiger partial charge in [-0.25, -0.2) is 0 Å². The van der Waals surface area contributed by atoms with E-state index in [0.29, 0.717) is 0 Å². The maximum Gasteiger partial charge on any atom is 0.241 e. The van der Waals surface area contributed by atoms with Gasteiger partial charge in [0, 0.05) is 19.1 Å². The molecule has 2 atom stereocenters. The first-order chi connectivity index (χ1) is 12.1. The number of rotatable bonds is 5. The number of piperidine rings is 1. The van der Waals surface area contributed by atoms with Gasteiger partial charge in [0.15, 0.2) is 0 Å². The Labute approximate surface area is 174 Å². The molecular formula is C21H29Cl2N3O. The predicted octanol–water partition coefficient (Wildman–Crippen LogP) is 3.62. The van der Waals surface area contributed by atoms with Gasteiger partial charge < -0.3 is 11.1 Å². The number of carbonyl (C=O) groups is 1. The van der Waals surface area contributed by atoms with Crippen molar-refractivity contribution in [1.82, 2.24) is 10.2 Å². The molecule has 0 aliphatic carbocycles.